The Morgan fingerprint density at radius 1 is 1.47 bits per heavy atom. The van der Waals surface area contributed by atoms with Crippen molar-refractivity contribution >= 4 is 34.0 Å². The van der Waals surface area contributed by atoms with Gasteiger partial charge in [-0.2, -0.15) is 0 Å². The molecule has 0 radical (unpaired) electrons. The minimum atomic E-state index is -0.283. The van der Waals surface area contributed by atoms with E-state index in [9.17, 15) is 4.39 Å². The van der Waals surface area contributed by atoms with E-state index in [-0.39, 0.29) is 11.9 Å². The third-order valence-electron chi connectivity index (χ3n) is 2.43. The van der Waals surface area contributed by atoms with E-state index in [4.69, 9.17) is 10.2 Å². The zero-order valence-electron chi connectivity index (χ0n) is 9.21. The van der Waals surface area contributed by atoms with Crippen molar-refractivity contribution in [1.29, 1.82) is 0 Å². The van der Waals surface area contributed by atoms with Crippen LogP contribution in [0.3, 0.4) is 0 Å². The molecular weight excluding hydrogens is 334 g/mol. The van der Waals surface area contributed by atoms with E-state index in [2.05, 4.69) is 5.32 Å². The minimum absolute atomic E-state index is 0.0632. The summed E-state index contributed by atoms with van der Waals surface area (Å²) < 4.78 is 19.2. The van der Waals surface area contributed by atoms with Crippen molar-refractivity contribution in [2.24, 2.45) is 0 Å². The Balaban J connectivity index is 2.22. The topological polar surface area (TPSA) is 51.2 Å². The molecule has 1 aromatic carbocycles. The largest absolute Gasteiger partial charge is 0.467 e. The monoisotopic (exact) mass is 346 g/mol. The molecule has 1 atom stereocenters. The van der Waals surface area contributed by atoms with Crippen molar-refractivity contribution < 1.29 is 8.81 Å². The van der Waals surface area contributed by atoms with Gasteiger partial charge < -0.3 is 15.5 Å². The van der Waals surface area contributed by atoms with Crippen LogP contribution in [0.1, 0.15) is 18.7 Å². The van der Waals surface area contributed by atoms with Gasteiger partial charge in [-0.15, -0.1) is 0 Å². The van der Waals surface area contributed by atoms with E-state index in [1.807, 2.05) is 41.6 Å². The van der Waals surface area contributed by atoms with Gasteiger partial charge in [0.05, 0.1) is 27.2 Å². The second-order valence-corrected chi connectivity index (χ2v) is 4.90. The first-order chi connectivity index (χ1) is 8.08. The van der Waals surface area contributed by atoms with E-state index in [0.717, 1.165) is 5.76 Å². The van der Waals surface area contributed by atoms with Gasteiger partial charge in [0.25, 0.3) is 0 Å². The number of hydrogen-bond acceptors (Lipinski definition) is 3. The summed E-state index contributed by atoms with van der Waals surface area (Å²) in [6.45, 7) is 1.92. The highest BCUT2D eigenvalue weighted by Gasteiger charge is 2.11. The molecule has 0 aliphatic rings. The van der Waals surface area contributed by atoms with Crippen LogP contribution in [0.15, 0.2) is 34.9 Å². The Bertz CT molecular complexity index is 513. The lowest BCUT2D eigenvalue weighted by Gasteiger charge is -2.15. The standard InChI is InChI=1S/C12H12FIN2O/c1-7(12-3-2-4-17-12)16-11-5-8(13)9(14)6-10(11)15/h2-7,16H,15H2,1H3. The fourth-order valence-electron chi connectivity index (χ4n) is 1.53. The lowest BCUT2D eigenvalue weighted by Crippen LogP contribution is -2.08. The van der Waals surface area contributed by atoms with Crippen LogP contribution in [-0.4, -0.2) is 0 Å². The average molecular weight is 346 g/mol. The molecule has 3 N–H and O–H groups in total. The Kier molecular flexibility index (Phi) is 3.56. The Morgan fingerprint density at radius 3 is 2.88 bits per heavy atom. The van der Waals surface area contributed by atoms with Crippen LogP contribution >= 0.6 is 22.6 Å². The predicted octanol–water partition coefficient (Wildman–Crippen LogP) is 3.78. The summed E-state index contributed by atoms with van der Waals surface area (Å²) in [6.07, 6.45) is 1.60. The van der Waals surface area contributed by atoms with E-state index < -0.39 is 0 Å². The summed E-state index contributed by atoms with van der Waals surface area (Å²) in [5.74, 6) is 0.498. The van der Waals surface area contributed by atoms with E-state index in [1.54, 1.807) is 12.3 Å². The van der Waals surface area contributed by atoms with Crippen LogP contribution < -0.4 is 11.1 Å². The van der Waals surface area contributed by atoms with Crippen LogP contribution in [0.25, 0.3) is 0 Å². The molecule has 0 aliphatic carbocycles. The van der Waals surface area contributed by atoms with Crippen LogP contribution in [0.4, 0.5) is 15.8 Å². The predicted molar refractivity (Wildman–Crippen MR) is 74.3 cm³/mol. The van der Waals surface area contributed by atoms with Crippen molar-refractivity contribution in [2.75, 3.05) is 11.1 Å². The highest BCUT2D eigenvalue weighted by Crippen LogP contribution is 2.27. The van der Waals surface area contributed by atoms with Crippen molar-refractivity contribution in [3.63, 3.8) is 0 Å². The number of hydrogen-bond donors (Lipinski definition) is 2. The van der Waals surface area contributed by atoms with Crippen molar-refractivity contribution in [2.45, 2.75) is 13.0 Å². The zero-order chi connectivity index (χ0) is 12.4. The van der Waals surface area contributed by atoms with Crippen LogP contribution in [0, 0.1) is 9.39 Å². The van der Waals surface area contributed by atoms with Crippen molar-refractivity contribution in [1.82, 2.24) is 0 Å². The first kappa shape index (κ1) is 12.2. The molecule has 17 heavy (non-hydrogen) atoms. The number of benzene rings is 1. The summed E-state index contributed by atoms with van der Waals surface area (Å²) >= 11 is 1.91. The Morgan fingerprint density at radius 2 is 2.24 bits per heavy atom. The van der Waals surface area contributed by atoms with Crippen LogP contribution in [-0.2, 0) is 0 Å². The smallest absolute Gasteiger partial charge is 0.138 e. The molecule has 5 heteroatoms. The van der Waals surface area contributed by atoms with Gasteiger partial charge in [0.1, 0.15) is 11.6 Å². The number of anilines is 2. The quantitative estimate of drug-likeness (QED) is 0.657. The lowest BCUT2D eigenvalue weighted by molar-refractivity contribution is 0.490. The maximum Gasteiger partial charge on any atom is 0.138 e. The summed E-state index contributed by atoms with van der Waals surface area (Å²) in [7, 11) is 0. The third-order valence-corrected chi connectivity index (χ3v) is 3.26. The average Bonchev–Trinajstić information content (AvgIpc) is 2.79. The molecule has 90 valence electrons. The van der Waals surface area contributed by atoms with E-state index in [1.165, 1.54) is 6.07 Å². The third kappa shape index (κ3) is 2.71. The maximum atomic E-state index is 13.4. The molecule has 0 fully saturated rings. The second kappa shape index (κ2) is 4.95. The number of nitrogens with one attached hydrogen (secondary N) is 1. The molecule has 2 rings (SSSR count). The van der Waals surface area contributed by atoms with Crippen molar-refractivity contribution in [3.8, 4) is 0 Å². The molecule has 0 spiro atoms. The summed E-state index contributed by atoms with van der Waals surface area (Å²) in [5, 5.41) is 3.12. The highest BCUT2D eigenvalue weighted by molar-refractivity contribution is 14.1. The highest BCUT2D eigenvalue weighted by atomic mass is 127. The molecule has 0 aliphatic heterocycles. The number of furan rings is 1. The fraction of sp³-hybridized carbons (Fsp3) is 0.167. The van der Waals surface area contributed by atoms with Gasteiger partial charge in [0.2, 0.25) is 0 Å². The summed E-state index contributed by atoms with van der Waals surface area (Å²) in [6, 6.07) is 6.61. The normalized spacial score (nSPS) is 12.4. The van der Waals surface area contributed by atoms with E-state index >= 15 is 0 Å². The lowest BCUT2D eigenvalue weighted by atomic mass is 10.2. The molecule has 3 nitrogen and oxygen atoms in total. The van der Waals surface area contributed by atoms with Gasteiger partial charge in [-0.3, -0.25) is 0 Å². The number of nitrogens with two attached hydrogens (primary N) is 1. The Hall–Kier alpha value is -1.24. The van der Waals surface area contributed by atoms with Gasteiger partial charge in [-0.25, -0.2) is 4.39 Å². The van der Waals surface area contributed by atoms with Gasteiger partial charge in [0, 0.05) is 6.07 Å². The molecular formula is C12H12FIN2O. The molecule has 0 saturated carbocycles. The molecule has 0 amide bonds. The Labute approximate surface area is 112 Å². The summed E-state index contributed by atoms with van der Waals surface area (Å²) in [4.78, 5) is 0. The minimum Gasteiger partial charge on any atom is -0.467 e. The van der Waals surface area contributed by atoms with Gasteiger partial charge in [0.15, 0.2) is 0 Å². The molecule has 0 bridgehead atoms. The van der Waals surface area contributed by atoms with Crippen molar-refractivity contribution in [3.05, 3.63) is 45.7 Å². The van der Waals surface area contributed by atoms with Gasteiger partial charge in [-0.1, -0.05) is 0 Å². The number of rotatable bonds is 3. The first-order valence-electron chi connectivity index (χ1n) is 5.12. The SMILES string of the molecule is CC(Nc1cc(F)c(I)cc1N)c1ccco1. The summed E-state index contributed by atoms with van der Waals surface area (Å²) in [5.41, 5.74) is 6.93. The van der Waals surface area contributed by atoms with Crippen LogP contribution in [0.5, 0.6) is 0 Å². The number of nitrogen functional groups attached to an aromatic ring is 1. The second-order valence-electron chi connectivity index (χ2n) is 3.74. The maximum absolute atomic E-state index is 13.4. The molecule has 1 unspecified atom stereocenters. The first-order valence-corrected chi connectivity index (χ1v) is 6.20. The van der Waals surface area contributed by atoms with Gasteiger partial charge >= 0.3 is 0 Å². The van der Waals surface area contributed by atoms with Gasteiger partial charge in [-0.05, 0) is 47.7 Å². The molecule has 0 saturated heterocycles. The zero-order valence-corrected chi connectivity index (χ0v) is 11.4. The van der Waals surface area contributed by atoms with Crippen LogP contribution in [0.2, 0.25) is 0 Å². The molecule has 1 heterocycles. The molecule has 1 aromatic heterocycles. The van der Waals surface area contributed by atoms with E-state index in [0.29, 0.717) is 14.9 Å². The fourth-order valence-corrected chi connectivity index (χ4v) is 2.02. The number of halogens is 2. The molecule has 2 aromatic rings.